The number of rotatable bonds is 0. The molecule has 1 heterocycles. The van der Waals surface area contributed by atoms with Crippen LogP contribution in [0.15, 0.2) is 0 Å². The molecular weight excluding hydrogens is 140 g/mol. The first-order valence-electron chi connectivity index (χ1n) is 4.40. The number of ketones is 1. The SMILES string of the molecule is C[C@@H]1CO[C@H]2CC(=O)CC[C@@H]12. The summed E-state index contributed by atoms with van der Waals surface area (Å²) in [6.45, 7) is 3.09. The first kappa shape index (κ1) is 7.29. The lowest BCUT2D eigenvalue weighted by molar-refractivity contribution is -0.124. The van der Waals surface area contributed by atoms with Gasteiger partial charge in [0.1, 0.15) is 5.78 Å². The van der Waals surface area contributed by atoms with E-state index in [0.717, 1.165) is 19.4 Å². The molecular formula is C9H14O2. The summed E-state index contributed by atoms with van der Waals surface area (Å²) in [4.78, 5) is 11.0. The minimum absolute atomic E-state index is 0.270. The highest BCUT2D eigenvalue weighted by Gasteiger charge is 2.38. The zero-order valence-corrected chi connectivity index (χ0v) is 6.88. The second-order valence-corrected chi connectivity index (χ2v) is 3.79. The molecule has 1 aliphatic heterocycles. The van der Waals surface area contributed by atoms with Crippen molar-refractivity contribution in [3.8, 4) is 0 Å². The molecule has 0 unspecified atom stereocenters. The van der Waals surface area contributed by atoms with Crippen molar-refractivity contribution in [2.45, 2.75) is 32.3 Å². The summed E-state index contributed by atoms with van der Waals surface area (Å²) in [5.41, 5.74) is 0. The molecule has 11 heavy (non-hydrogen) atoms. The highest BCUT2D eigenvalue weighted by molar-refractivity contribution is 5.79. The van der Waals surface area contributed by atoms with E-state index in [1.54, 1.807) is 0 Å². The molecule has 0 spiro atoms. The summed E-state index contributed by atoms with van der Waals surface area (Å²) >= 11 is 0. The molecule has 0 aromatic rings. The third-order valence-corrected chi connectivity index (χ3v) is 2.97. The Morgan fingerprint density at radius 2 is 2.36 bits per heavy atom. The number of hydrogen-bond donors (Lipinski definition) is 0. The minimum Gasteiger partial charge on any atom is -0.377 e. The fourth-order valence-corrected chi connectivity index (χ4v) is 2.22. The Labute approximate surface area is 66.9 Å². The molecule has 62 valence electrons. The van der Waals surface area contributed by atoms with Gasteiger partial charge < -0.3 is 4.74 Å². The maximum absolute atomic E-state index is 11.0. The molecule has 1 aliphatic carbocycles. The van der Waals surface area contributed by atoms with Gasteiger partial charge >= 0.3 is 0 Å². The number of Topliss-reactive ketones (excluding diaryl/α,β-unsaturated/α-hetero) is 1. The van der Waals surface area contributed by atoms with Crippen molar-refractivity contribution in [3.63, 3.8) is 0 Å². The highest BCUT2D eigenvalue weighted by atomic mass is 16.5. The van der Waals surface area contributed by atoms with Crippen molar-refractivity contribution in [1.29, 1.82) is 0 Å². The Hall–Kier alpha value is -0.370. The fraction of sp³-hybridized carbons (Fsp3) is 0.889. The standard InChI is InChI=1S/C9H14O2/c1-6-5-11-9-4-7(10)2-3-8(6)9/h6,8-9H,2-5H2,1H3/t6-,8+,9+/m1/s1. The van der Waals surface area contributed by atoms with E-state index in [4.69, 9.17) is 4.74 Å². The van der Waals surface area contributed by atoms with Gasteiger partial charge in [0.25, 0.3) is 0 Å². The lowest BCUT2D eigenvalue weighted by Gasteiger charge is -2.24. The van der Waals surface area contributed by atoms with E-state index >= 15 is 0 Å². The number of ether oxygens (including phenoxy) is 1. The third-order valence-electron chi connectivity index (χ3n) is 2.97. The van der Waals surface area contributed by atoms with Gasteiger partial charge in [-0.2, -0.15) is 0 Å². The largest absolute Gasteiger partial charge is 0.377 e. The first-order chi connectivity index (χ1) is 5.27. The Morgan fingerprint density at radius 1 is 1.55 bits per heavy atom. The summed E-state index contributed by atoms with van der Waals surface area (Å²) in [7, 11) is 0. The Kier molecular flexibility index (Phi) is 1.72. The molecule has 1 saturated heterocycles. The van der Waals surface area contributed by atoms with Gasteiger partial charge in [0.05, 0.1) is 6.10 Å². The highest BCUT2D eigenvalue weighted by Crippen LogP contribution is 2.36. The molecule has 2 rings (SSSR count). The fourth-order valence-electron chi connectivity index (χ4n) is 2.22. The molecule has 0 radical (unpaired) electrons. The van der Waals surface area contributed by atoms with E-state index < -0.39 is 0 Å². The molecule has 0 bridgehead atoms. The predicted octanol–water partition coefficient (Wildman–Crippen LogP) is 1.39. The normalized spacial score (nSPS) is 44.1. The zero-order chi connectivity index (χ0) is 7.84. The second kappa shape index (κ2) is 2.59. The van der Waals surface area contributed by atoms with Crippen LogP contribution in [-0.2, 0) is 9.53 Å². The van der Waals surface area contributed by atoms with Crippen LogP contribution in [0.5, 0.6) is 0 Å². The average Bonchev–Trinajstić information content (AvgIpc) is 2.32. The zero-order valence-electron chi connectivity index (χ0n) is 6.88. The molecule has 2 fully saturated rings. The van der Waals surface area contributed by atoms with Gasteiger partial charge in [-0.15, -0.1) is 0 Å². The van der Waals surface area contributed by atoms with Gasteiger partial charge in [0.15, 0.2) is 0 Å². The van der Waals surface area contributed by atoms with E-state index in [1.165, 1.54) is 0 Å². The van der Waals surface area contributed by atoms with Crippen molar-refractivity contribution in [3.05, 3.63) is 0 Å². The van der Waals surface area contributed by atoms with Crippen LogP contribution in [-0.4, -0.2) is 18.5 Å². The molecule has 0 N–H and O–H groups in total. The molecule has 0 aromatic carbocycles. The van der Waals surface area contributed by atoms with E-state index in [1.807, 2.05) is 0 Å². The van der Waals surface area contributed by atoms with Gasteiger partial charge in [-0.25, -0.2) is 0 Å². The van der Waals surface area contributed by atoms with Gasteiger partial charge in [0, 0.05) is 19.4 Å². The van der Waals surface area contributed by atoms with Crippen molar-refractivity contribution in [2.75, 3.05) is 6.61 Å². The number of carbonyl (C=O) groups is 1. The summed E-state index contributed by atoms with van der Waals surface area (Å²) in [5, 5.41) is 0. The summed E-state index contributed by atoms with van der Waals surface area (Å²) in [6.07, 6.45) is 2.79. The summed E-state index contributed by atoms with van der Waals surface area (Å²) in [6, 6.07) is 0. The maximum atomic E-state index is 11.0. The van der Waals surface area contributed by atoms with Crippen molar-refractivity contribution >= 4 is 5.78 Å². The lowest BCUT2D eigenvalue weighted by Crippen LogP contribution is -2.28. The molecule has 0 aromatic heterocycles. The smallest absolute Gasteiger partial charge is 0.135 e. The number of fused-ring (bicyclic) bond motifs is 1. The molecule has 3 atom stereocenters. The van der Waals surface area contributed by atoms with Crippen molar-refractivity contribution < 1.29 is 9.53 Å². The maximum Gasteiger partial charge on any atom is 0.135 e. The van der Waals surface area contributed by atoms with Crippen LogP contribution in [0.4, 0.5) is 0 Å². The topological polar surface area (TPSA) is 26.3 Å². The van der Waals surface area contributed by atoms with Crippen LogP contribution in [0, 0.1) is 11.8 Å². The molecule has 1 saturated carbocycles. The van der Waals surface area contributed by atoms with Crippen LogP contribution in [0.1, 0.15) is 26.2 Å². The van der Waals surface area contributed by atoms with Crippen molar-refractivity contribution in [1.82, 2.24) is 0 Å². The van der Waals surface area contributed by atoms with Crippen LogP contribution >= 0.6 is 0 Å². The molecule has 2 heteroatoms. The van der Waals surface area contributed by atoms with E-state index in [-0.39, 0.29) is 6.10 Å². The van der Waals surface area contributed by atoms with Crippen molar-refractivity contribution in [2.24, 2.45) is 11.8 Å². The van der Waals surface area contributed by atoms with Gasteiger partial charge in [-0.3, -0.25) is 4.79 Å². The lowest BCUT2D eigenvalue weighted by atomic mass is 9.81. The predicted molar refractivity (Wildman–Crippen MR) is 41.3 cm³/mol. The number of carbonyl (C=O) groups excluding carboxylic acids is 1. The van der Waals surface area contributed by atoms with E-state index in [2.05, 4.69) is 6.92 Å². The minimum atomic E-state index is 0.270. The number of hydrogen-bond acceptors (Lipinski definition) is 2. The Bertz CT molecular complexity index is 176. The Balaban J connectivity index is 2.05. The molecule has 0 amide bonds. The van der Waals surface area contributed by atoms with Gasteiger partial charge in [-0.05, 0) is 18.3 Å². The van der Waals surface area contributed by atoms with Crippen LogP contribution in [0.2, 0.25) is 0 Å². The summed E-state index contributed by atoms with van der Waals surface area (Å²) < 4.78 is 5.52. The monoisotopic (exact) mass is 154 g/mol. The molecule has 2 aliphatic rings. The van der Waals surface area contributed by atoms with Crippen LogP contribution in [0.3, 0.4) is 0 Å². The second-order valence-electron chi connectivity index (χ2n) is 3.79. The van der Waals surface area contributed by atoms with Crippen LogP contribution < -0.4 is 0 Å². The summed E-state index contributed by atoms with van der Waals surface area (Å²) in [5.74, 6) is 1.74. The third kappa shape index (κ3) is 1.20. The van der Waals surface area contributed by atoms with E-state index in [0.29, 0.717) is 24.0 Å². The first-order valence-corrected chi connectivity index (χ1v) is 4.40. The quantitative estimate of drug-likeness (QED) is 0.527. The van der Waals surface area contributed by atoms with Gasteiger partial charge in [0.2, 0.25) is 0 Å². The van der Waals surface area contributed by atoms with Gasteiger partial charge in [-0.1, -0.05) is 6.92 Å². The Morgan fingerprint density at radius 3 is 3.18 bits per heavy atom. The average molecular weight is 154 g/mol. The molecule has 2 nitrogen and oxygen atoms in total. The van der Waals surface area contributed by atoms with Crippen LogP contribution in [0.25, 0.3) is 0 Å². The van der Waals surface area contributed by atoms with E-state index in [9.17, 15) is 4.79 Å².